The number of nitrogens with one attached hydrogen (secondary N) is 1. The van der Waals surface area contributed by atoms with Gasteiger partial charge in [0.25, 0.3) is 0 Å². The van der Waals surface area contributed by atoms with E-state index in [9.17, 15) is 13.2 Å². The largest absolute Gasteiger partial charge is 0.348 e. The summed E-state index contributed by atoms with van der Waals surface area (Å²) in [7, 11) is -0.797. The van der Waals surface area contributed by atoms with Crippen LogP contribution in [0.15, 0.2) is 18.3 Å². The first-order valence-corrected chi connectivity index (χ1v) is 7.81. The van der Waals surface area contributed by atoms with Crippen molar-refractivity contribution in [3.8, 4) is 0 Å². The second kappa shape index (κ2) is 5.32. The van der Waals surface area contributed by atoms with E-state index in [1.807, 2.05) is 0 Å². The van der Waals surface area contributed by atoms with Crippen LogP contribution in [0.5, 0.6) is 0 Å². The molecule has 2 rings (SSSR count). The zero-order valence-corrected chi connectivity index (χ0v) is 13.0. The lowest BCUT2D eigenvalue weighted by molar-refractivity contribution is -0.127. The Hall–Kier alpha value is -2.16. The normalized spacial score (nSPS) is 13.1. The van der Waals surface area contributed by atoms with Gasteiger partial charge < -0.3 is 4.90 Å². The number of pyridine rings is 1. The van der Waals surface area contributed by atoms with Gasteiger partial charge in [-0.1, -0.05) is 0 Å². The number of anilines is 1. The van der Waals surface area contributed by atoms with Crippen LogP contribution >= 0.6 is 0 Å². The summed E-state index contributed by atoms with van der Waals surface area (Å²) in [6, 6.07) is 3.23. The first kappa shape index (κ1) is 15.2. The number of sulfonamides is 1. The van der Waals surface area contributed by atoms with Gasteiger partial charge in [0.05, 0.1) is 11.9 Å². The average Bonchev–Trinajstić information content (AvgIpc) is 2.75. The standard InChI is InChI=1S/C12H17N5O3S/c1-8(12(18)16(3)4)21(19,20)15-10-5-6-11-13-9(2)14-17(11)7-10/h5-8,15H,1-4H3/t8-/m0/s1. The fourth-order valence-corrected chi connectivity index (χ4v) is 2.91. The zero-order chi connectivity index (χ0) is 15.8. The lowest BCUT2D eigenvalue weighted by Gasteiger charge is -2.18. The van der Waals surface area contributed by atoms with E-state index in [0.717, 1.165) is 0 Å². The molecule has 8 nitrogen and oxygen atoms in total. The summed E-state index contributed by atoms with van der Waals surface area (Å²) in [6.07, 6.45) is 1.51. The van der Waals surface area contributed by atoms with Crippen LogP contribution in [0.1, 0.15) is 12.7 Å². The number of aryl methyl sites for hydroxylation is 1. The van der Waals surface area contributed by atoms with E-state index in [-0.39, 0.29) is 0 Å². The molecule has 1 amide bonds. The highest BCUT2D eigenvalue weighted by molar-refractivity contribution is 7.94. The van der Waals surface area contributed by atoms with Crippen LogP contribution in [-0.2, 0) is 14.8 Å². The molecule has 114 valence electrons. The Morgan fingerprint density at radius 2 is 2.05 bits per heavy atom. The molecule has 0 saturated carbocycles. The molecule has 21 heavy (non-hydrogen) atoms. The summed E-state index contributed by atoms with van der Waals surface area (Å²) >= 11 is 0. The van der Waals surface area contributed by atoms with Gasteiger partial charge in [0.2, 0.25) is 15.9 Å². The molecule has 2 aromatic heterocycles. The molecule has 1 atom stereocenters. The van der Waals surface area contributed by atoms with E-state index in [1.165, 1.54) is 36.6 Å². The van der Waals surface area contributed by atoms with Crippen LogP contribution in [0, 0.1) is 6.92 Å². The van der Waals surface area contributed by atoms with Crippen LogP contribution in [0.2, 0.25) is 0 Å². The molecule has 2 heterocycles. The summed E-state index contributed by atoms with van der Waals surface area (Å²) in [6.45, 7) is 3.09. The van der Waals surface area contributed by atoms with E-state index in [1.54, 1.807) is 19.1 Å². The van der Waals surface area contributed by atoms with Gasteiger partial charge >= 0.3 is 0 Å². The van der Waals surface area contributed by atoms with Crippen molar-refractivity contribution in [1.82, 2.24) is 19.5 Å². The van der Waals surface area contributed by atoms with Gasteiger partial charge in [-0.05, 0) is 26.0 Å². The molecule has 9 heteroatoms. The Bertz CT molecular complexity index is 781. The molecule has 2 aromatic rings. The third kappa shape index (κ3) is 3.13. The number of hydrogen-bond donors (Lipinski definition) is 1. The highest BCUT2D eigenvalue weighted by Crippen LogP contribution is 2.14. The quantitative estimate of drug-likeness (QED) is 0.873. The van der Waals surface area contributed by atoms with Crippen LogP contribution in [0.25, 0.3) is 5.65 Å². The third-order valence-electron chi connectivity index (χ3n) is 2.95. The summed E-state index contributed by atoms with van der Waals surface area (Å²) in [5, 5.41) is 2.93. The lowest BCUT2D eigenvalue weighted by atomic mass is 10.4. The highest BCUT2D eigenvalue weighted by Gasteiger charge is 2.29. The van der Waals surface area contributed by atoms with E-state index >= 15 is 0 Å². The van der Waals surface area contributed by atoms with Gasteiger partial charge in [0.1, 0.15) is 5.82 Å². The Balaban J connectivity index is 2.27. The number of fused-ring (bicyclic) bond motifs is 1. The van der Waals surface area contributed by atoms with Crippen molar-refractivity contribution >= 4 is 27.3 Å². The van der Waals surface area contributed by atoms with Crippen molar-refractivity contribution in [2.75, 3.05) is 18.8 Å². The summed E-state index contributed by atoms with van der Waals surface area (Å²) in [4.78, 5) is 17.2. The van der Waals surface area contributed by atoms with Gasteiger partial charge in [0.15, 0.2) is 10.9 Å². The Labute approximate surface area is 122 Å². The molecule has 0 radical (unpaired) electrons. The van der Waals surface area contributed by atoms with E-state index in [2.05, 4.69) is 14.8 Å². The van der Waals surface area contributed by atoms with E-state index in [0.29, 0.717) is 17.2 Å². The van der Waals surface area contributed by atoms with E-state index in [4.69, 9.17) is 0 Å². The lowest BCUT2D eigenvalue weighted by Crippen LogP contribution is -2.39. The second-order valence-corrected chi connectivity index (χ2v) is 6.90. The predicted molar refractivity (Wildman–Crippen MR) is 78.4 cm³/mol. The molecule has 0 aliphatic carbocycles. The fraction of sp³-hybridized carbons (Fsp3) is 0.417. The summed E-state index contributed by atoms with van der Waals surface area (Å²) in [5.74, 6) is 0.103. The number of nitrogens with zero attached hydrogens (tertiary/aromatic N) is 4. The molecule has 0 unspecified atom stereocenters. The van der Waals surface area contributed by atoms with Crippen LogP contribution in [0.4, 0.5) is 5.69 Å². The first-order valence-electron chi connectivity index (χ1n) is 6.26. The fourth-order valence-electron chi connectivity index (χ4n) is 1.80. The maximum atomic E-state index is 12.2. The second-order valence-electron chi connectivity index (χ2n) is 4.90. The maximum Gasteiger partial charge on any atom is 0.244 e. The SMILES string of the molecule is Cc1nc2ccc(NS(=O)(=O)[C@@H](C)C(=O)N(C)C)cn2n1. The molecule has 0 bridgehead atoms. The Morgan fingerprint density at radius 3 is 2.67 bits per heavy atom. The van der Waals surface area contributed by atoms with Gasteiger partial charge in [-0.25, -0.2) is 17.9 Å². The highest BCUT2D eigenvalue weighted by atomic mass is 32.2. The number of hydrogen-bond acceptors (Lipinski definition) is 5. The van der Waals surface area contributed by atoms with Gasteiger partial charge in [-0.2, -0.15) is 5.10 Å². The predicted octanol–water partition coefficient (Wildman–Crippen LogP) is 0.256. The summed E-state index contributed by atoms with van der Waals surface area (Å²) < 4.78 is 28.2. The van der Waals surface area contributed by atoms with Crippen molar-refractivity contribution < 1.29 is 13.2 Å². The third-order valence-corrected chi connectivity index (χ3v) is 4.60. The molecule has 0 aliphatic rings. The molecule has 0 spiro atoms. The van der Waals surface area contributed by atoms with Crippen LogP contribution in [0.3, 0.4) is 0 Å². The van der Waals surface area contributed by atoms with Gasteiger partial charge in [0, 0.05) is 14.1 Å². The van der Waals surface area contributed by atoms with Crippen molar-refractivity contribution in [2.24, 2.45) is 0 Å². The minimum absolute atomic E-state index is 0.325. The minimum Gasteiger partial charge on any atom is -0.348 e. The van der Waals surface area contributed by atoms with Crippen molar-refractivity contribution in [2.45, 2.75) is 19.1 Å². The number of carbonyl (C=O) groups is 1. The molecular formula is C12H17N5O3S. The van der Waals surface area contributed by atoms with Crippen molar-refractivity contribution in [3.63, 3.8) is 0 Å². The topological polar surface area (TPSA) is 96.7 Å². The Morgan fingerprint density at radius 1 is 1.38 bits per heavy atom. The molecule has 0 aromatic carbocycles. The molecule has 1 N–H and O–H groups in total. The van der Waals surface area contributed by atoms with Gasteiger partial charge in [-0.15, -0.1) is 0 Å². The monoisotopic (exact) mass is 311 g/mol. The summed E-state index contributed by atoms with van der Waals surface area (Å²) in [5.41, 5.74) is 0.943. The minimum atomic E-state index is -3.82. The van der Waals surface area contributed by atoms with Crippen LogP contribution < -0.4 is 4.72 Å². The molecule has 0 saturated heterocycles. The van der Waals surface area contributed by atoms with E-state index < -0.39 is 21.2 Å². The number of aromatic nitrogens is 3. The molecule has 0 fully saturated rings. The number of amides is 1. The van der Waals surface area contributed by atoms with Gasteiger partial charge in [-0.3, -0.25) is 9.52 Å². The molecule has 0 aliphatic heterocycles. The first-order chi connectivity index (χ1) is 9.70. The van der Waals surface area contributed by atoms with Crippen molar-refractivity contribution in [1.29, 1.82) is 0 Å². The zero-order valence-electron chi connectivity index (χ0n) is 12.2. The number of rotatable bonds is 4. The average molecular weight is 311 g/mol. The maximum absolute atomic E-state index is 12.2. The van der Waals surface area contributed by atoms with Crippen molar-refractivity contribution in [3.05, 3.63) is 24.2 Å². The smallest absolute Gasteiger partial charge is 0.244 e. The van der Waals surface area contributed by atoms with Crippen LogP contribution in [-0.4, -0.2) is 53.2 Å². The Kier molecular flexibility index (Phi) is 3.86. The molecular weight excluding hydrogens is 294 g/mol. The number of carbonyl (C=O) groups excluding carboxylic acids is 1.